The first kappa shape index (κ1) is 27.1. The first-order valence-corrected chi connectivity index (χ1v) is 11.8. The largest absolute Gasteiger partial charge is 0.494 e. The molecular formula is C25H32FN3O7. The van der Waals surface area contributed by atoms with Crippen LogP contribution in [0.2, 0.25) is 0 Å². The number of likely N-dealkylation sites (tertiary alicyclic amines) is 1. The summed E-state index contributed by atoms with van der Waals surface area (Å²) in [5.41, 5.74) is -1.07. The molecule has 1 aromatic carbocycles. The minimum absolute atomic E-state index is 0.110. The number of carboxylic acids is 1. The summed E-state index contributed by atoms with van der Waals surface area (Å²) in [6.07, 6.45) is 1.76. The molecule has 196 valence electrons. The molecule has 1 aliphatic heterocycles. The van der Waals surface area contributed by atoms with E-state index in [9.17, 15) is 28.4 Å². The molecule has 1 heterocycles. The molecule has 1 saturated carbocycles. The van der Waals surface area contributed by atoms with Crippen LogP contribution < -0.4 is 15.4 Å². The van der Waals surface area contributed by atoms with Crippen molar-refractivity contribution in [2.45, 2.75) is 70.6 Å². The molecule has 5 atom stereocenters. The van der Waals surface area contributed by atoms with Crippen molar-refractivity contribution < 1.29 is 38.2 Å². The summed E-state index contributed by atoms with van der Waals surface area (Å²) in [6.45, 7) is 5.24. The Kier molecular flexibility index (Phi) is 8.00. The number of carboxylic acid groups (broad SMARTS) is 1. The Bertz CT molecular complexity index is 1050. The Morgan fingerprint density at radius 1 is 1.22 bits per heavy atom. The number of aldehydes is 1. The number of halogens is 1. The third-order valence-corrected chi connectivity index (χ3v) is 6.81. The molecule has 0 aromatic heterocycles. The number of carbonyl (C=O) groups excluding carboxylic acids is 4. The van der Waals surface area contributed by atoms with Crippen LogP contribution in [0.15, 0.2) is 18.2 Å². The molecule has 1 unspecified atom stereocenters. The van der Waals surface area contributed by atoms with Crippen LogP contribution in [0, 0.1) is 17.2 Å². The van der Waals surface area contributed by atoms with Crippen molar-refractivity contribution in [3.8, 4) is 5.75 Å². The Labute approximate surface area is 208 Å². The van der Waals surface area contributed by atoms with Gasteiger partial charge in [-0.05, 0) is 42.7 Å². The van der Waals surface area contributed by atoms with E-state index in [2.05, 4.69) is 10.6 Å². The van der Waals surface area contributed by atoms with Crippen LogP contribution in [-0.2, 0) is 19.2 Å². The number of fused-ring (bicyclic) bond motifs is 2. The number of aliphatic carboxylic acids is 1. The van der Waals surface area contributed by atoms with Crippen LogP contribution in [0.25, 0.3) is 0 Å². The standard InChI is InChI=1S/C25H32FN3O7/c1-25(2,3)21(28-22(33)16-6-5-7-17(36-4)19(16)26)24(35)29-15-9-8-13(10-15)20(29)23(34)27-14(12-30)11-18(31)32/h5-7,12-15,20-21H,8-11H2,1-4H3,(H,27,34)(H,28,33)(H,31,32)/t13-,14?,15+,20-,21+/m0/s1. The minimum Gasteiger partial charge on any atom is -0.494 e. The molecule has 2 bridgehead atoms. The maximum absolute atomic E-state index is 14.7. The van der Waals surface area contributed by atoms with Crippen molar-refractivity contribution in [1.29, 1.82) is 0 Å². The number of nitrogens with zero attached hydrogens (tertiary/aromatic N) is 1. The highest BCUT2D eigenvalue weighted by molar-refractivity contribution is 5.99. The van der Waals surface area contributed by atoms with E-state index in [4.69, 9.17) is 9.84 Å². The number of nitrogens with one attached hydrogen (secondary N) is 2. The summed E-state index contributed by atoms with van der Waals surface area (Å²) in [7, 11) is 1.28. The van der Waals surface area contributed by atoms with Crippen molar-refractivity contribution >= 4 is 30.0 Å². The quantitative estimate of drug-likeness (QED) is 0.432. The molecule has 3 amide bonds. The number of methoxy groups -OCH3 is 1. The predicted molar refractivity (Wildman–Crippen MR) is 126 cm³/mol. The zero-order valence-electron chi connectivity index (χ0n) is 20.7. The monoisotopic (exact) mass is 505 g/mol. The van der Waals surface area contributed by atoms with Gasteiger partial charge in [0.25, 0.3) is 5.91 Å². The van der Waals surface area contributed by atoms with Crippen molar-refractivity contribution in [2.75, 3.05) is 7.11 Å². The number of carbonyl (C=O) groups is 5. The Morgan fingerprint density at radius 2 is 1.92 bits per heavy atom. The van der Waals surface area contributed by atoms with Gasteiger partial charge in [-0.2, -0.15) is 0 Å². The maximum atomic E-state index is 14.7. The van der Waals surface area contributed by atoms with Crippen LogP contribution >= 0.6 is 0 Å². The number of benzene rings is 1. The van der Waals surface area contributed by atoms with E-state index in [-0.39, 0.29) is 23.3 Å². The Balaban J connectivity index is 1.86. The van der Waals surface area contributed by atoms with Gasteiger partial charge >= 0.3 is 5.97 Å². The molecule has 0 radical (unpaired) electrons. The molecule has 11 heteroatoms. The van der Waals surface area contributed by atoms with Crippen molar-refractivity contribution in [1.82, 2.24) is 15.5 Å². The summed E-state index contributed by atoms with van der Waals surface area (Å²) in [5, 5.41) is 14.1. The number of piperidine rings is 1. The van der Waals surface area contributed by atoms with E-state index in [1.165, 1.54) is 30.2 Å². The van der Waals surface area contributed by atoms with Crippen LogP contribution in [0.5, 0.6) is 5.75 Å². The van der Waals surface area contributed by atoms with Gasteiger partial charge in [0.2, 0.25) is 11.8 Å². The fraction of sp³-hybridized carbons (Fsp3) is 0.560. The lowest BCUT2D eigenvalue weighted by Crippen LogP contribution is -2.61. The molecule has 1 aromatic rings. The fourth-order valence-electron chi connectivity index (χ4n) is 5.08. The zero-order chi connectivity index (χ0) is 26.8. The summed E-state index contributed by atoms with van der Waals surface area (Å²) >= 11 is 0. The average Bonchev–Trinajstić information content (AvgIpc) is 3.42. The van der Waals surface area contributed by atoms with E-state index >= 15 is 0 Å². The lowest BCUT2D eigenvalue weighted by Gasteiger charge is -2.40. The summed E-state index contributed by atoms with van der Waals surface area (Å²) in [5.74, 6) is -4.25. The van der Waals surface area contributed by atoms with Crippen molar-refractivity contribution in [3.63, 3.8) is 0 Å². The Morgan fingerprint density at radius 3 is 2.50 bits per heavy atom. The van der Waals surface area contributed by atoms with E-state index in [1.54, 1.807) is 20.8 Å². The van der Waals surface area contributed by atoms with Gasteiger partial charge in [0, 0.05) is 6.04 Å². The van der Waals surface area contributed by atoms with Gasteiger partial charge in [0.15, 0.2) is 11.6 Å². The zero-order valence-corrected chi connectivity index (χ0v) is 20.7. The van der Waals surface area contributed by atoms with Crippen LogP contribution in [0.1, 0.15) is 56.8 Å². The van der Waals surface area contributed by atoms with Gasteiger partial charge in [-0.1, -0.05) is 26.8 Å². The number of rotatable bonds is 9. The molecule has 1 aliphatic carbocycles. The van der Waals surface area contributed by atoms with Crippen LogP contribution in [0.3, 0.4) is 0 Å². The van der Waals surface area contributed by atoms with E-state index in [1.807, 2.05) is 0 Å². The second-order valence-corrected chi connectivity index (χ2v) is 10.4. The van der Waals surface area contributed by atoms with Gasteiger partial charge in [-0.25, -0.2) is 4.39 Å². The van der Waals surface area contributed by atoms with E-state index < -0.39 is 59.5 Å². The molecule has 1 saturated heterocycles. The fourth-order valence-corrected chi connectivity index (χ4v) is 5.08. The first-order chi connectivity index (χ1) is 16.9. The molecule has 3 N–H and O–H groups in total. The number of amides is 3. The normalized spacial score (nSPS) is 22.5. The molecule has 3 rings (SSSR count). The van der Waals surface area contributed by atoms with Gasteiger partial charge in [-0.15, -0.1) is 0 Å². The van der Waals surface area contributed by atoms with Crippen LogP contribution in [-0.4, -0.2) is 71.3 Å². The SMILES string of the molecule is COc1cccc(C(=O)N[C@H](C(=O)N2[C@@H]3CC[C@@H](C3)[C@H]2C(=O)NC(C=O)CC(=O)O)C(C)(C)C)c1F. The van der Waals surface area contributed by atoms with Crippen LogP contribution in [0.4, 0.5) is 4.39 Å². The smallest absolute Gasteiger partial charge is 0.305 e. The number of ether oxygens (including phenoxy) is 1. The highest BCUT2D eigenvalue weighted by atomic mass is 19.1. The highest BCUT2D eigenvalue weighted by Gasteiger charge is 2.53. The number of hydrogen-bond donors (Lipinski definition) is 3. The lowest BCUT2D eigenvalue weighted by molar-refractivity contribution is -0.147. The van der Waals surface area contributed by atoms with Gasteiger partial charge in [0.05, 0.1) is 25.1 Å². The molecule has 2 aliphatic rings. The highest BCUT2D eigenvalue weighted by Crippen LogP contribution is 2.43. The second-order valence-electron chi connectivity index (χ2n) is 10.4. The third-order valence-electron chi connectivity index (χ3n) is 6.81. The third kappa shape index (κ3) is 5.50. The molecule has 2 fully saturated rings. The van der Waals surface area contributed by atoms with E-state index in [0.717, 1.165) is 0 Å². The molecule has 10 nitrogen and oxygen atoms in total. The topological polar surface area (TPSA) is 142 Å². The van der Waals surface area contributed by atoms with Gasteiger partial charge < -0.3 is 30.2 Å². The molecule has 36 heavy (non-hydrogen) atoms. The van der Waals surface area contributed by atoms with Crippen molar-refractivity contribution in [3.05, 3.63) is 29.6 Å². The molecule has 0 spiro atoms. The number of hydrogen-bond acceptors (Lipinski definition) is 6. The lowest BCUT2D eigenvalue weighted by atomic mass is 9.84. The maximum Gasteiger partial charge on any atom is 0.305 e. The summed E-state index contributed by atoms with van der Waals surface area (Å²) in [6, 6.07) is 0.676. The van der Waals surface area contributed by atoms with E-state index in [0.29, 0.717) is 25.5 Å². The Hall–Kier alpha value is -3.50. The average molecular weight is 506 g/mol. The second kappa shape index (κ2) is 10.6. The summed E-state index contributed by atoms with van der Waals surface area (Å²) < 4.78 is 19.6. The molecular weight excluding hydrogens is 473 g/mol. The van der Waals surface area contributed by atoms with Gasteiger partial charge in [-0.3, -0.25) is 19.2 Å². The minimum atomic E-state index is -1.24. The van der Waals surface area contributed by atoms with Crippen molar-refractivity contribution in [2.24, 2.45) is 11.3 Å². The predicted octanol–water partition coefficient (Wildman–Crippen LogP) is 1.52. The summed E-state index contributed by atoms with van der Waals surface area (Å²) in [4.78, 5) is 63.7. The van der Waals surface area contributed by atoms with Gasteiger partial charge in [0.1, 0.15) is 18.4 Å². The first-order valence-electron chi connectivity index (χ1n) is 11.8.